The largest absolute Gasteiger partial charge is 0.462 e. The quantitative estimate of drug-likeness (QED) is 0.371. The molecule has 3 aromatic rings. The second kappa shape index (κ2) is 7.22. The van der Waals surface area contributed by atoms with Crippen LogP contribution in [0.2, 0.25) is 0 Å². The molecule has 0 spiro atoms. The van der Waals surface area contributed by atoms with Crippen LogP contribution in [0, 0.1) is 15.5 Å². The maximum absolute atomic E-state index is 12.5. The second-order valence-corrected chi connectivity index (χ2v) is 7.37. The van der Waals surface area contributed by atoms with Gasteiger partial charge in [0.05, 0.1) is 16.8 Å². The van der Waals surface area contributed by atoms with Gasteiger partial charge in [0, 0.05) is 17.7 Å². The fourth-order valence-electron chi connectivity index (χ4n) is 2.99. The number of carbonyl (C=O) groups excluding carboxylic acids is 1. The molecule has 0 bridgehead atoms. The smallest absolute Gasteiger partial charge is 0.283 e. The Balaban J connectivity index is 1.44. The van der Waals surface area contributed by atoms with E-state index in [-0.39, 0.29) is 22.3 Å². The number of amidine groups is 2. The Hall–Kier alpha value is -4.25. The van der Waals surface area contributed by atoms with Crippen LogP contribution in [0.4, 0.5) is 5.69 Å². The minimum absolute atomic E-state index is 0.00809. The number of nitrogens with zero attached hydrogens (tertiary/aromatic N) is 4. The second-order valence-electron chi connectivity index (χ2n) is 6.41. The fraction of sp³-hybridized carbons (Fsp3) is 0. The van der Waals surface area contributed by atoms with E-state index >= 15 is 0 Å². The summed E-state index contributed by atoms with van der Waals surface area (Å²) in [5.74, 6) is 0.477. The highest BCUT2D eigenvalue weighted by molar-refractivity contribution is 8.27. The zero-order valence-electron chi connectivity index (χ0n) is 15.5. The van der Waals surface area contributed by atoms with Gasteiger partial charge in [0.25, 0.3) is 11.6 Å². The molecule has 0 radical (unpaired) electrons. The number of hydrogen-bond acceptors (Lipinski definition) is 8. The number of thioether (sulfide) groups is 1. The third kappa shape index (κ3) is 3.36. The third-order valence-electron chi connectivity index (χ3n) is 4.44. The van der Waals surface area contributed by atoms with E-state index in [4.69, 9.17) is 14.2 Å². The van der Waals surface area contributed by atoms with E-state index in [0.29, 0.717) is 27.9 Å². The topological polar surface area (TPSA) is 138 Å². The predicted octanol–water partition coefficient (Wildman–Crippen LogP) is 4.12. The van der Waals surface area contributed by atoms with Crippen LogP contribution in [-0.2, 0) is 4.79 Å². The van der Waals surface area contributed by atoms with E-state index in [1.54, 1.807) is 36.4 Å². The summed E-state index contributed by atoms with van der Waals surface area (Å²) in [4.78, 5) is 27.0. The van der Waals surface area contributed by atoms with Crippen molar-refractivity contribution in [3.63, 3.8) is 0 Å². The van der Waals surface area contributed by atoms with Crippen molar-refractivity contribution in [2.24, 2.45) is 10.1 Å². The van der Waals surface area contributed by atoms with Crippen LogP contribution in [-0.4, -0.2) is 31.9 Å². The minimum Gasteiger partial charge on any atom is -0.462 e. The summed E-state index contributed by atoms with van der Waals surface area (Å²) in [5.41, 5.74) is 0.471. The van der Waals surface area contributed by atoms with Crippen LogP contribution in [0.1, 0.15) is 11.5 Å². The predicted molar refractivity (Wildman–Crippen MR) is 114 cm³/mol. The molecule has 0 unspecified atom stereocenters. The average molecular weight is 433 g/mol. The molecule has 0 aliphatic carbocycles. The molecule has 10 nitrogen and oxygen atoms in total. The Morgan fingerprint density at radius 3 is 2.81 bits per heavy atom. The van der Waals surface area contributed by atoms with Crippen LogP contribution < -0.4 is 0 Å². The van der Waals surface area contributed by atoms with Gasteiger partial charge in [-0.25, -0.2) is 0 Å². The Morgan fingerprint density at radius 2 is 2.03 bits per heavy atom. The maximum atomic E-state index is 12.5. The van der Waals surface area contributed by atoms with Crippen molar-refractivity contribution in [3.05, 3.63) is 82.0 Å². The third-order valence-corrected chi connectivity index (χ3v) is 5.36. The summed E-state index contributed by atoms with van der Waals surface area (Å²) < 4.78 is 11.0. The van der Waals surface area contributed by atoms with Crippen LogP contribution in [0.3, 0.4) is 0 Å². The summed E-state index contributed by atoms with van der Waals surface area (Å²) >= 11 is 1.14. The van der Waals surface area contributed by atoms with Gasteiger partial charge in [-0.3, -0.25) is 20.3 Å². The molecule has 2 aliphatic rings. The number of aliphatic imine (C=N–C) groups is 1. The number of rotatable bonds is 4. The highest BCUT2D eigenvalue weighted by Crippen LogP contribution is 2.32. The first kappa shape index (κ1) is 18.8. The first-order valence-corrected chi connectivity index (χ1v) is 9.70. The molecular formula is C20H11N5O5S. The van der Waals surface area contributed by atoms with Crippen molar-refractivity contribution < 1.29 is 18.6 Å². The van der Waals surface area contributed by atoms with Crippen molar-refractivity contribution >= 4 is 45.5 Å². The minimum atomic E-state index is -0.590. The molecule has 2 aliphatic heterocycles. The molecule has 0 fully saturated rings. The van der Waals surface area contributed by atoms with Crippen molar-refractivity contribution in [2.75, 3.05) is 0 Å². The summed E-state index contributed by atoms with van der Waals surface area (Å²) in [6, 6.07) is 12.7. The Morgan fingerprint density at radius 1 is 1.16 bits per heavy atom. The van der Waals surface area contributed by atoms with Crippen molar-refractivity contribution in [1.29, 1.82) is 5.41 Å². The highest BCUT2D eigenvalue weighted by atomic mass is 32.2. The molecule has 11 heteroatoms. The van der Waals surface area contributed by atoms with Gasteiger partial charge in [-0.1, -0.05) is 12.1 Å². The van der Waals surface area contributed by atoms with Gasteiger partial charge >= 0.3 is 0 Å². The summed E-state index contributed by atoms with van der Waals surface area (Å²) in [7, 11) is 0. The first-order valence-electron chi connectivity index (χ1n) is 8.88. The molecule has 31 heavy (non-hydrogen) atoms. The first-order chi connectivity index (χ1) is 15.0. The molecule has 4 heterocycles. The average Bonchev–Trinajstić information content (AvgIpc) is 3.51. The normalized spacial score (nSPS) is 17.0. The van der Waals surface area contributed by atoms with E-state index < -0.39 is 10.8 Å². The van der Waals surface area contributed by atoms with Gasteiger partial charge < -0.3 is 8.83 Å². The highest BCUT2D eigenvalue weighted by Gasteiger charge is 2.36. The van der Waals surface area contributed by atoms with Gasteiger partial charge in [0.1, 0.15) is 11.5 Å². The number of benzene rings is 1. The van der Waals surface area contributed by atoms with Crippen LogP contribution in [0.15, 0.2) is 79.3 Å². The number of carbonyl (C=O) groups is 1. The number of amides is 1. The van der Waals surface area contributed by atoms with Crippen LogP contribution in [0.25, 0.3) is 17.4 Å². The number of fused-ring (bicyclic) bond motifs is 1. The van der Waals surface area contributed by atoms with Crippen molar-refractivity contribution in [1.82, 2.24) is 5.01 Å². The lowest BCUT2D eigenvalue weighted by Gasteiger charge is -2.19. The van der Waals surface area contributed by atoms with Gasteiger partial charge in [-0.05, 0) is 42.1 Å². The Kier molecular flexibility index (Phi) is 4.37. The SMILES string of the molecule is N=C1/C(=C/c2ccc(-c3cccc([N+](=O)[O-])c3)o2)C(=O)N=C2SC(c3ccco3)=NN12. The number of furan rings is 2. The van der Waals surface area contributed by atoms with Crippen LogP contribution >= 0.6 is 11.8 Å². The number of nitro benzene ring substituents is 1. The lowest BCUT2D eigenvalue weighted by Crippen LogP contribution is -2.35. The lowest BCUT2D eigenvalue weighted by molar-refractivity contribution is -0.384. The molecule has 1 aromatic carbocycles. The van der Waals surface area contributed by atoms with Gasteiger partial charge in [-0.2, -0.15) is 15.1 Å². The molecule has 0 saturated carbocycles. The molecule has 152 valence electrons. The molecule has 0 atom stereocenters. The zero-order chi connectivity index (χ0) is 21.5. The van der Waals surface area contributed by atoms with Crippen molar-refractivity contribution in [3.8, 4) is 11.3 Å². The summed E-state index contributed by atoms with van der Waals surface area (Å²) in [6.45, 7) is 0. The lowest BCUT2D eigenvalue weighted by atomic mass is 10.1. The number of nitro groups is 1. The van der Waals surface area contributed by atoms with Gasteiger partial charge in [-0.15, -0.1) is 0 Å². The number of non-ortho nitro benzene ring substituents is 1. The maximum Gasteiger partial charge on any atom is 0.283 e. The standard InChI is InChI=1S/C20H11N5O5S/c21-17-14(18(26)22-20-24(17)23-19(31-20)16-5-2-8-29-16)10-13-6-7-15(30-13)11-3-1-4-12(9-11)25(27)28/h1-10,21H/b14-10-,21-17?. The summed E-state index contributed by atoms with van der Waals surface area (Å²) in [6.07, 6.45) is 2.91. The monoisotopic (exact) mass is 433 g/mol. The molecule has 1 amide bonds. The van der Waals surface area contributed by atoms with Gasteiger partial charge in [0.15, 0.2) is 16.6 Å². The molecule has 0 saturated heterocycles. The molecule has 5 rings (SSSR count). The van der Waals surface area contributed by atoms with E-state index in [1.165, 1.54) is 29.5 Å². The Labute approximate surface area is 178 Å². The zero-order valence-corrected chi connectivity index (χ0v) is 16.3. The van der Waals surface area contributed by atoms with Crippen LogP contribution in [0.5, 0.6) is 0 Å². The molecular weight excluding hydrogens is 422 g/mol. The number of hydrogen-bond donors (Lipinski definition) is 1. The van der Waals surface area contributed by atoms with Crippen molar-refractivity contribution in [2.45, 2.75) is 0 Å². The Bertz CT molecular complexity index is 1340. The summed E-state index contributed by atoms with van der Waals surface area (Å²) in [5, 5.41) is 25.7. The van der Waals surface area contributed by atoms with E-state index in [0.717, 1.165) is 11.8 Å². The number of hydrazone groups is 1. The van der Waals surface area contributed by atoms with E-state index in [9.17, 15) is 14.9 Å². The van der Waals surface area contributed by atoms with E-state index in [2.05, 4.69) is 10.1 Å². The molecule has 2 aromatic heterocycles. The molecule has 1 N–H and O–H groups in total. The van der Waals surface area contributed by atoms with Gasteiger partial charge in [0.2, 0.25) is 5.17 Å². The van der Waals surface area contributed by atoms with E-state index in [1.807, 2.05) is 0 Å². The number of nitrogens with one attached hydrogen (secondary N) is 1. The fourth-order valence-corrected chi connectivity index (χ4v) is 3.85.